The molecule has 0 atom stereocenters. The molecule has 0 aliphatic carbocycles. The van der Waals surface area contributed by atoms with Crippen molar-refractivity contribution in [1.29, 1.82) is 5.26 Å². The molecular formula is C12H13ClN2. The van der Waals surface area contributed by atoms with E-state index in [1.165, 1.54) is 5.56 Å². The van der Waals surface area contributed by atoms with E-state index in [1.54, 1.807) is 0 Å². The first kappa shape index (κ1) is 11.8. The third-order valence-corrected chi connectivity index (χ3v) is 2.11. The number of nitriles is 1. The van der Waals surface area contributed by atoms with Crippen molar-refractivity contribution in [3.8, 4) is 6.07 Å². The van der Waals surface area contributed by atoms with Gasteiger partial charge in [0.2, 0.25) is 0 Å². The van der Waals surface area contributed by atoms with Crippen LogP contribution < -0.4 is 5.32 Å². The quantitative estimate of drug-likeness (QED) is 0.470. The third-order valence-electron chi connectivity index (χ3n) is 1.93. The fourth-order valence-electron chi connectivity index (χ4n) is 1.14. The first-order chi connectivity index (χ1) is 7.36. The standard InChI is InChI=1S/C12H13ClN2/c13-7-1-2-8-15-10-12-5-3-11(9-14)4-6-12/h1-6,15H,7-8,10H2/b2-1+. The van der Waals surface area contributed by atoms with Crippen molar-refractivity contribution in [2.45, 2.75) is 6.54 Å². The highest BCUT2D eigenvalue weighted by molar-refractivity contribution is 6.18. The van der Waals surface area contributed by atoms with Gasteiger partial charge in [-0.3, -0.25) is 0 Å². The maximum Gasteiger partial charge on any atom is 0.0991 e. The zero-order valence-electron chi connectivity index (χ0n) is 8.41. The van der Waals surface area contributed by atoms with E-state index >= 15 is 0 Å². The minimum Gasteiger partial charge on any atom is -0.309 e. The SMILES string of the molecule is N#Cc1ccc(CNC/C=C/CCl)cc1. The van der Waals surface area contributed by atoms with Crippen molar-refractivity contribution in [3.05, 3.63) is 47.5 Å². The number of nitrogens with one attached hydrogen (secondary N) is 1. The largest absolute Gasteiger partial charge is 0.309 e. The lowest BCUT2D eigenvalue weighted by molar-refractivity contribution is 0.759. The van der Waals surface area contributed by atoms with Crippen molar-refractivity contribution in [3.63, 3.8) is 0 Å². The molecule has 0 aromatic heterocycles. The zero-order chi connectivity index (χ0) is 10.9. The summed E-state index contributed by atoms with van der Waals surface area (Å²) in [4.78, 5) is 0. The van der Waals surface area contributed by atoms with Gasteiger partial charge in [-0.2, -0.15) is 5.26 Å². The van der Waals surface area contributed by atoms with Gasteiger partial charge in [0.15, 0.2) is 0 Å². The molecule has 0 aliphatic heterocycles. The van der Waals surface area contributed by atoms with Crippen LogP contribution in [0.4, 0.5) is 0 Å². The summed E-state index contributed by atoms with van der Waals surface area (Å²) in [5, 5.41) is 11.9. The van der Waals surface area contributed by atoms with Crippen LogP contribution in [0.2, 0.25) is 0 Å². The minimum atomic E-state index is 0.554. The summed E-state index contributed by atoms with van der Waals surface area (Å²) in [5.41, 5.74) is 1.87. The number of alkyl halides is 1. The van der Waals surface area contributed by atoms with Crippen molar-refractivity contribution in [1.82, 2.24) is 5.32 Å². The molecule has 0 bridgehead atoms. The normalized spacial score (nSPS) is 10.4. The monoisotopic (exact) mass is 220 g/mol. The molecule has 0 fully saturated rings. The van der Waals surface area contributed by atoms with E-state index in [0.717, 1.165) is 13.1 Å². The Morgan fingerprint density at radius 1 is 1.27 bits per heavy atom. The lowest BCUT2D eigenvalue weighted by atomic mass is 10.1. The van der Waals surface area contributed by atoms with Crippen molar-refractivity contribution in [2.24, 2.45) is 0 Å². The lowest BCUT2D eigenvalue weighted by Crippen LogP contribution is -2.12. The molecule has 0 spiro atoms. The van der Waals surface area contributed by atoms with Crippen LogP contribution in [0.25, 0.3) is 0 Å². The highest BCUT2D eigenvalue weighted by Crippen LogP contribution is 2.02. The highest BCUT2D eigenvalue weighted by atomic mass is 35.5. The van der Waals surface area contributed by atoms with E-state index in [2.05, 4.69) is 11.4 Å². The Labute approximate surface area is 95.2 Å². The van der Waals surface area contributed by atoms with Crippen molar-refractivity contribution in [2.75, 3.05) is 12.4 Å². The van der Waals surface area contributed by atoms with E-state index in [4.69, 9.17) is 16.9 Å². The molecule has 15 heavy (non-hydrogen) atoms. The smallest absolute Gasteiger partial charge is 0.0991 e. The molecule has 1 aromatic rings. The number of rotatable bonds is 5. The van der Waals surface area contributed by atoms with Gasteiger partial charge in [0.1, 0.15) is 0 Å². The maximum absolute atomic E-state index is 8.61. The van der Waals surface area contributed by atoms with Gasteiger partial charge in [0.25, 0.3) is 0 Å². The minimum absolute atomic E-state index is 0.554. The predicted molar refractivity (Wildman–Crippen MR) is 62.7 cm³/mol. The number of halogens is 1. The van der Waals surface area contributed by atoms with Gasteiger partial charge in [-0.1, -0.05) is 24.3 Å². The lowest BCUT2D eigenvalue weighted by Gasteiger charge is -2.01. The molecule has 1 N–H and O–H groups in total. The Bertz CT molecular complexity index is 349. The maximum atomic E-state index is 8.61. The zero-order valence-corrected chi connectivity index (χ0v) is 9.17. The summed E-state index contributed by atoms with van der Waals surface area (Å²) in [6.07, 6.45) is 3.91. The second-order valence-electron chi connectivity index (χ2n) is 3.07. The van der Waals surface area contributed by atoms with Crippen molar-refractivity contribution < 1.29 is 0 Å². The first-order valence-electron chi connectivity index (χ1n) is 4.77. The average molecular weight is 221 g/mol. The molecule has 3 heteroatoms. The summed E-state index contributed by atoms with van der Waals surface area (Å²) in [6.45, 7) is 1.62. The Morgan fingerprint density at radius 2 is 2.00 bits per heavy atom. The molecule has 0 aliphatic rings. The average Bonchev–Trinajstić information content (AvgIpc) is 2.30. The summed E-state index contributed by atoms with van der Waals surface area (Å²) in [6, 6.07) is 9.65. The Morgan fingerprint density at radius 3 is 2.60 bits per heavy atom. The highest BCUT2D eigenvalue weighted by Gasteiger charge is 1.92. The van der Waals surface area contributed by atoms with Crippen LogP contribution in [0.1, 0.15) is 11.1 Å². The first-order valence-corrected chi connectivity index (χ1v) is 5.31. The molecule has 1 rings (SSSR count). The third kappa shape index (κ3) is 4.64. The van der Waals surface area contributed by atoms with Crippen LogP contribution in [-0.4, -0.2) is 12.4 Å². The Hall–Kier alpha value is -1.30. The fourth-order valence-corrected chi connectivity index (χ4v) is 1.27. The molecule has 0 radical (unpaired) electrons. The van der Waals surface area contributed by atoms with Crippen LogP contribution >= 0.6 is 11.6 Å². The van der Waals surface area contributed by atoms with Gasteiger partial charge in [-0.15, -0.1) is 11.6 Å². The van der Waals surface area contributed by atoms with Gasteiger partial charge in [0.05, 0.1) is 11.6 Å². The summed E-state index contributed by atoms with van der Waals surface area (Å²) >= 11 is 5.49. The number of nitrogens with zero attached hydrogens (tertiary/aromatic N) is 1. The van der Waals surface area contributed by atoms with E-state index in [1.807, 2.05) is 36.4 Å². The number of hydrogen-bond acceptors (Lipinski definition) is 2. The van der Waals surface area contributed by atoms with Crippen LogP contribution in [-0.2, 0) is 6.54 Å². The summed E-state index contributed by atoms with van der Waals surface area (Å²) in [7, 11) is 0. The van der Waals surface area contributed by atoms with Gasteiger partial charge >= 0.3 is 0 Å². The molecule has 0 saturated heterocycles. The molecule has 2 nitrogen and oxygen atoms in total. The molecule has 0 heterocycles. The van der Waals surface area contributed by atoms with Crippen LogP contribution in [0.5, 0.6) is 0 Å². The van der Waals surface area contributed by atoms with E-state index in [9.17, 15) is 0 Å². The molecule has 1 aromatic carbocycles. The molecule has 0 unspecified atom stereocenters. The number of allylic oxidation sites excluding steroid dienone is 1. The van der Waals surface area contributed by atoms with Crippen LogP contribution in [0.3, 0.4) is 0 Å². The van der Waals surface area contributed by atoms with Crippen LogP contribution in [0.15, 0.2) is 36.4 Å². The number of benzene rings is 1. The topological polar surface area (TPSA) is 35.8 Å². The Balaban J connectivity index is 2.32. The van der Waals surface area contributed by atoms with Crippen LogP contribution in [0, 0.1) is 11.3 Å². The van der Waals surface area contributed by atoms with Gasteiger partial charge < -0.3 is 5.32 Å². The Kier molecular flexibility index (Phi) is 5.54. The van der Waals surface area contributed by atoms with Gasteiger partial charge in [-0.05, 0) is 17.7 Å². The van der Waals surface area contributed by atoms with E-state index in [-0.39, 0.29) is 0 Å². The second kappa shape index (κ2) is 7.05. The molecular weight excluding hydrogens is 208 g/mol. The summed E-state index contributed by atoms with van der Waals surface area (Å²) < 4.78 is 0. The molecule has 0 amide bonds. The fraction of sp³-hybridized carbons (Fsp3) is 0.250. The summed E-state index contributed by atoms with van der Waals surface area (Å²) in [5.74, 6) is 0.554. The van der Waals surface area contributed by atoms with Crippen molar-refractivity contribution >= 4 is 11.6 Å². The van der Waals surface area contributed by atoms with E-state index in [0.29, 0.717) is 11.4 Å². The van der Waals surface area contributed by atoms with E-state index < -0.39 is 0 Å². The second-order valence-corrected chi connectivity index (χ2v) is 3.37. The van der Waals surface area contributed by atoms with Gasteiger partial charge in [0, 0.05) is 19.0 Å². The van der Waals surface area contributed by atoms with Gasteiger partial charge in [-0.25, -0.2) is 0 Å². The predicted octanol–water partition coefficient (Wildman–Crippen LogP) is 2.44. The molecule has 0 saturated carbocycles. The number of hydrogen-bond donors (Lipinski definition) is 1. The molecule has 78 valence electrons.